The highest BCUT2D eigenvalue weighted by Gasteiger charge is 2.21. The minimum absolute atomic E-state index is 0.0448. The minimum atomic E-state index is -3.88. The van der Waals surface area contributed by atoms with Crippen molar-refractivity contribution in [3.05, 3.63) is 46.6 Å². The lowest BCUT2D eigenvalue weighted by atomic mass is 10.4. The summed E-state index contributed by atoms with van der Waals surface area (Å²) in [5.74, 6) is 0.290. The topological polar surface area (TPSA) is 85.1 Å². The van der Waals surface area contributed by atoms with E-state index in [2.05, 4.69) is 9.71 Å². The van der Waals surface area contributed by atoms with Crippen molar-refractivity contribution in [3.8, 4) is 0 Å². The summed E-state index contributed by atoms with van der Waals surface area (Å²) in [6.07, 6.45) is 1.30. The Morgan fingerprint density at radius 2 is 1.74 bits per heavy atom. The molecule has 0 saturated heterocycles. The average Bonchev–Trinajstić information content (AvgIpc) is 2.31. The first-order valence-electron chi connectivity index (χ1n) is 5.08. The molecule has 1 heterocycles. The fourth-order valence-corrected chi connectivity index (χ4v) is 3.60. The van der Waals surface area contributed by atoms with Crippen molar-refractivity contribution in [1.29, 1.82) is 0 Å². The second-order valence-corrected chi connectivity index (χ2v) is 6.06. The van der Waals surface area contributed by atoms with E-state index in [0.29, 0.717) is 5.82 Å². The molecule has 1 aromatic carbocycles. The summed E-state index contributed by atoms with van der Waals surface area (Å²) in [5, 5.41) is 0.0896. The average molecular weight is 318 g/mol. The third kappa shape index (κ3) is 3.09. The smallest absolute Gasteiger partial charge is 0.264 e. The molecule has 0 radical (unpaired) electrons. The van der Waals surface area contributed by atoms with E-state index in [-0.39, 0.29) is 20.6 Å². The van der Waals surface area contributed by atoms with Crippen LogP contribution >= 0.6 is 23.2 Å². The number of sulfonamides is 1. The maximum Gasteiger partial charge on any atom is 0.264 e. The predicted octanol–water partition coefficient (Wildman–Crippen LogP) is 2.77. The number of hydrogen-bond donors (Lipinski definition) is 2. The lowest BCUT2D eigenvalue weighted by Crippen LogP contribution is -2.14. The molecule has 0 unspecified atom stereocenters. The van der Waals surface area contributed by atoms with Crippen LogP contribution in [-0.4, -0.2) is 13.4 Å². The van der Waals surface area contributed by atoms with Gasteiger partial charge < -0.3 is 5.73 Å². The summed E-state index contributed by atoms with van der Waals surface area (Å²) in [4.78, 5) is 3.62. The fourth-order valence-electron chi connectivity index (χ4n) is 1.41. The molecule has 5 nitrogen and oxygen atoms in total. The van der Waals surface area contributed by atoms with Gasteiger partial charge in [-0.2, -0.15) is 0 Å². The Kier molecular flexibility index (Phi) is 3.84. The molecule has 0 amide bonds. The molecule has 3 N–H and O–H groups in total. The van der Waals surface area contributed by atoms with Crippen molar-refractivity contribution in [2.24, 2.45) is 0 Å². The highest BCUT2D eigenvalue weighted by molar-refractivity contribution is 7.93. The van der Waals surface area contributed by atoms with E-state index in [1.165, 1.54) is 30.5 Å². The van der Waals surface area contributed by atoms with E-state index in [4.69, 9.17) is 28.9 Å². The van der Waals surface area contributed by atoms with Gasteiger partial charge in [-0.3, -0.25) is 4.72 Å². The van der Waals surface area contributed by atoms with Gasteiger partial charge in [0, 0.05) is 0 Å². The fraction of sp³-hybridized carbons (Fsp3) is 0. The van der Waals surface area contributed by atoms with Crippen molar-refractivity contribution in [1.82, 2.24) is 4.98 Å². The standard InChI is InChI=1S/C11H9Cl2N3O2S/c12-8-2-1-3-9(13)11(8)19(17,18)16-7-4-5-10(14)15-6-7/h1-6,16H,(H2,14,15). The third-order valence-corrected chi connectivity index (χ3v) is 4.56. The van der Waals surface area contributed by atoms with Crippen LogP contribution in [0, 0.1) is 0 Å². The third-order valence-electron chi connectivity index (χ3n) is 2.23. The van der Waals surface area contributed by atoms with E-state index in [9.17, 15) is 8.42 Å². The van der Waals surface area contributed by atoms with Crippen LogP contribution in [0.4, 0.5) is 11.5 Å². The van der Waals surface area contributed by atoms with Crippen LogP contribution in [0.25, 0.3) is 0 Å². The highest BCUT2D eigenvalue weighted by atomic mass is 35.5. The zero-order valence-corrected chi connectivity index (χ0v) is 11.8. The molecular formula is C11H9Cl2N3O2S. The Balaban J connectivity index is 2.41. The van der Waals surface area contributed by atoms with Gasteiger partial charge in [0.15, 0.2) is 0 Å². The second-order valence-electron chi connectivity index (χ2n) is 3.63. The number of aromatic nitrogens is 1. The van der Waals surface area contributed by atoms with Gasteiger partial charge in [0.25, 0.3) is 10.0 Å². The molecule has 2 rings (SSSR count). The molecule has 0 aliphatic carbocycles. The van der Waals surface area contributed by atoms with E-state index in [0.717, 1.165) is 0 Å². The van der Waals surface area contributed by atoms with Crippen LogP contribution in [0.2, 0.25) is 10.0 Å². The lowest BCUT2D eigenvalue weighted by Gasteiger charge is -2.10. The summed E-state index contributed by atoms with van der Waals surface area (Å²) in [7, 11) is -3.88. The van der Waals surface area contributed by atoms with Crippen LogP contribution in [-0.2, 0) is 10.0 Å². The maximum absolute atomic E-state index is 12.2. The zero-order valence-electron chi connectivity index (χ0n) is 9.47. The SMILES string of the molecule is Nc1ccc(NS(=O)(=O)c2c(Cl)cccc2Cl)cn1. The summed E-state index contributed by atoms with van der Waals surface area (Å²) < 4.78 is 26.7. The van der Waals surface area contributed by atoms with Crippen LogP contribution < -0.4 is 10.5 Å². The predicted molar refractivity (Wildman–Crippen MR) is 75.9 cm³/mol. The normalized spacial score (nSPS) is 11.3. The van der Waals surface area contributed by atoms with Crippen molar-refractivity contribution < 1.29 is 8.42 Å². The molecule has 0 bridgehead atoms. The number of nitrogen functional groups attached to an aromatic ring is 1. The molecule has 0 saturated carbocycles. The summed E-state index contributed by atoms with van der Waals surface area (Å²) in [5.41, 5.74) is 5.69. The molecule has 0 aliphatic heterocycles. The summed E-state index contributed by atoms with van der Waals surface area (Å²) in [6.45, 7) is 0. The Morgan fingerprint density at radius 1 is 1.11 bits per heavy atom. The lowest BCUT2D eigenvalue weighted by molar-refractivity contribution is 0.601. The van der Waals surface area contributed by atoms with Crippen molar-refractivity contribution in [2.75, 3.05) is 10.5 Å². The van der Waals surface area contributed by atoms with Crippen LogP contribution in [0.1, 0.15) is 0 Å². The van der Waals surface area contributed by atoms with Gasteiger partial charge in [-0.1, -0.05) is 29.3 Å². The first-order valence-corrected chi connectivity index (χ1v) is 7.32. The van der Waals surface area contributed by atoms with Crippen molar-refractivity contribution in [3.63, 3.8) is 0 Å². The highest BCUT2D eigenvalue weighted by Crippen LogP contribution is 2.30. The molecule has 0 atom stereocenters. The summed E-state index contributed by atoms with van der Waals surface area (Å²) in [6, 6.07) is 7.43. The molecule has 0 spiro atoms. The Bertz CT molecular complexity index is 682. The van der Waals surface area contributed by atoms with Gasteiger partial charge in [0.05, 0.1) is 21.9 Å². The number of benzene rings is 1. The van der Waals surface area contributed by atoms with Crippen molar-refractivity contribution >= 4 is 44.7 Å². The second kappa shape index (κ2) is 5.24. The van der Waals surface area contributed by atoms with Gasteiger partial charge in [0.2, 0.25) is 0 Å². The molecular weight excluding hydrogens is 309 g/mol. The largest absolute Gasteiger partial charge is 0.384 e. The van der Waals surface area contributed by atoms with Crippen LogP contribution in [0.5, 0.6) is 0 Å². The van der Waals surface area contributed by atoms with Crippen molar-refractivity contribution in [2.45, 2.75) is 4.90 Å². The molecule has 0 aliphatic rings. The Hall–Kier alpha value is -1.50. The van der Waals surface area contributed by atoms with Gasteiger partial charge >= 0.3 is 0 Å². The maximum atomic E-state index is 12.2. The molecule has 1 aromatic heterocycles. The number of nitrogens with two attached hydrogens (primary N) is 1. The number of rotatable bonds is 3. The number of nitrogens with zero attached hydrogens (tertiary/aromatic N) is 1. The van der Waals surface area contributed by atoms with Gasteiger partial charge in [-0.15, -0.1) is 0 Å². The number of halogens is 2. The van der Waals surface area contributed by atoms with E-state index in [1.807, 2.05) is 0 Å². The van der Waals surface area contributed by atoms with E-state index >= 15 is 0 Å². The molecule has 0 fully saturated rings. The van der Waals surface area contributed by atoms with E-state index < -0.39 is 10.0 Å². The Morgan fingerprint density at radius 3 is 2.26 bits per heavy atom. The van der Waals surface area contributed by atoms with Gasteiger partial charge in [-0.05, 0) is 24.3 Å². The summed E-state index contributed by atoms with van der Waals surface area (Å²) >= 11 is 11.7. The number of nitrogens with one attached hydrogen (secondary N) is 1. The van der Waals surface area contributed by atoms with Gasteiger partial charge in [-0.25, -0.2) is 13.4 Å². The van der Waals surface area contributed by atoms with E-state index in [1.54, 1.807) is 6.07 Å². The number of anilines is 2. The molecule has 8 heteroatoms. The van der Waals surface area contributed by atoms with Crippen LogP contribution in [0.15, 0.2) is 41.4 Å². The monoisotopic (exact) mass is 317 g/mol. The quantitative estimate of drug-likeness (QED) is 0.911. The van der Waals surface area contributed by atoms with Crippen LogP contribution in [0.3, 0.4) is 0 Å². The van der Waals surface area contributed by atoms with Gasteiger partial charge in [0.1, 0.15) is 10.7 Å². The molecule has 19 heavy (non-hydrogen) atoms. The minimum Gasteiger partial charge on any atom is -0.384 e. The number of hydrogen-bond acceptors (Lipinski definition) is 4. The molecule has 100 valence electrons. The molecule has 2 aromatic rings. The zero-order chi connectivity index (χ0) is 14.0. The Labute approximate surface area is 120 Å². The first-order chi connectivity index (χ1) is 8.90. The first kappa shape index (κ1) is 13.9. The number of pyridine rings is 1.